The molecule has 0 amide bonds. The molecule has 1 heterocycles. The monoisotopic (exact) mass is 298 g/mol. The molecular formula is C10H9F3O3S2. The zero-order chi connectivity index (χ0) is 13.4. The van der Waals surface area contributed by atoms with Crippen molar-refractivity contribution in [2.75, 3.05) is 5.75 Å². The Labute approximate surface area is 106 Å². The van der Waals surface area contributed by atoms with Crippen molar-refractivity contribution in [1.82, 2.24) is 0 Å². The Kier molecular flexibility index (Phi) is 3.50. The summed E-state index contributed by atoms with van der Waals surface area (Å²) in [7, 11) is -5.58. The van der Waals surface area contributed by atoms with Crippen LogP contribution < -0.4 is 4.18 Å². The predicted octanol–water partition coefficient (Wildman–Crippen LogP) is 2.95. The first-order valence-corrected chi connectivity index (χ1v) is 7.45. The highest BCUT2D eigenvalue weighted by Crippen LogP contribution is 2.34. The molecule has 0 radical (unpaired) electrons. The Morgan fingerprint density at radius 3 is 2.67 bits per heavy atom. The fourth-order valence-electron chi connectivity index (χ4n) is 1.56. The van der Waals surface area contributed by atoms with Crippen LogP contribution in [0.3, 0.4) is 0 Å². The molecule has 0 saturated carbocycles. The van der Waals surface area contributed by atoms with Crippen molar-refractivity contribution in [3.8, 4) is 5.75 Å². The van der Waals surface area contributed by atoms with E-state index in [1.54, 1.807) is 17.8 Å². The second-order valence-corrected chi connectivity index (χ2v) is 6.38. The Morgan fingerprint density at radius 2 is 2.00 bits per heavy atom. The van der Waals surface area contributed by atoms with Gasteiger partial charge in [-0.05, 0) is 42.4 Å². The van der Waals surface area contributed by atoms with Gasteiger partial charge >= 0.3 is 15.6 Å². The topological polar surface area (TPSA) is 43.4 Å². The zero-order valence-electron chi connectivity index (χ0n) is 9.03. The Morgan fingerprint density at radius 1 is 1.28 bits per heavy atom. The van der Waals surface area contributed by atoms with Gasteiger partial charge in [0, 0.05) is 4.90 Å². The van der Waals surface area contributed by atoms with Gasteiger partial charge in [0.2, 0.25) is 0 Å². The normalized spacial score (nSPS) is 16.2. The molecule has 8 heteroatoms. The average molecular weight is 298 g/mol. The lowest BCUT2D eigenvalue weighted by Crippen LogP contribution is -2.28. The van der Waals surface area contributed by atoms with Crippen molar-refractivity contribution >= 4 is 21.9 Å². The summed E-state index contributed by atoms with van der Waals surface area (Å²) in [4.78, 5) is 0.956. The highest BCUT2D eigenvalue weighted by atomic mass is 32.2. The zero-order valence-corrected chi connectivity index (χ0v) is 10.7. The van der Waals surface area contributed by atoms with E-state index in [-0.39, 0.29) is 5.75 Å². The van der Waals surface area contributed by atoms with E-state index in [1.165, 1.54) is 12.1 Å². The smallest absolute Gasteiger partial charge is 0.376 e. The van der Waals surface area contributed by atoms with Gasteiger partial charge in [0.15, 0.2) is 0 Å². The number of rotatable bonds is 2. The van der Waals surface area contributed by atoms with Crippen molar-refractivity contribution in [3.63, 3.8) is 0 Å². The first-order valence-electron chi connectivity index (χ1n) is 5.06. The summed E-state index contributed by atoms with van der Waals surface area (Å²) in [6, 6.07) is 4.17. The Bertz CT molecular complexity index is 552. The molecule has 0 atom stereocenters. The van der Waals surface area contributed by atoms with Crippen LogP contribution in [0, 0.1) is 0 Å². The molecule has 0 aromatic heterocycles. The van der Waals surface area contributed by atoms with Crippen molar-refractivity contribution in [1.29, 1.82) is 0 Å². The van der Waals surface area contributed by atoms with Crippen LogP contribution in [0.15, 0.2) is 23.1 Å². The number of halogens is 3. The lowest BCUT2D eigenvalue weighted by Gasteiger charge is -2.16. The molecular weight excluding hydrogens is 289 g/mol. The van der Waals surface area contributed by atoms with Crippen LogP contribution in [-0.2, 0) is 16.5 Å². The molecule has 0 fully saturated rings. The lowest BCUT2D eigenvalue weighted by atomic mass is 10.1. The van der Waals surface area contributed by atoms with Crippen LogP contribution in [-0.4, -0.2) is 19.7 Å². The van der Waals surface area contributed by atoms with Gasteiger partial charge in [-0.2, -0.15) is 21.6 Å². The van der Waals surface area contributed by atoms with Gasteiger partial charge in [0.05, 0.1) is 0 Å². The van der Waals surface area contributed by atoms with E-state index in [0.717, 1.165) is 22.6 Å². The van der Waals surface area contributed by atoms with Gasteiger partial charge < -0.3 is 4.18 Å². The van der Waals surface area contributed by atoms with Crippen molar-refractivity contribution in [2.45, 2.75) is 23.2 Å². The second kappa shape index (κ2) is 4.65. The summed E-state index contributed by atoms with van der Waals surface area (Å²) in [5.74, 6) is 0.655. The van der Waals surface area contributed by atoms with Gasteiger partial charge in [0.25, 0.3) is 0 Å². The number of alkyl halides is 3. The third-order valence-corrected chi connectivity index (χ3v) is 4.55. The van der Waals surface area contributed by atoms with Gasteiger partial charge in [-0.1, -0.05) is 0 Å². The Balaban J connectivity index is 2.26. The Hall–Kier alpha value is -0.890. The highest BCUT2D eigenvalue weighted by Gasteiger charge is 2.48. The number of hydrogen-bond donors (Lipinski definition) is 0. The number of benzene rings is 1. The van der Waals surface area contributed by atoms with Gasteiger partial charge in [0.1, 0.15) is 5.75 Å². The summed E-state index contributed by atoms with van der Waals surface area (Å²) in [5, 5.41) is 0. The van der Waals surface area contributed by atoms with Crippen LogP contribution in [0.2, 0.25) is 0 Å². The van der Waals surface area contributed by atoms with E-state index in [9.17, 15) is 21.6 Å². The fourth-order valence-corrected chi connectivity index (χ4v) is 3.03. The number of thioether (sulfide) groups is 1. The molecule has 1 aromatic rings. The number of fused-ring (bicyclic) bond motifs is 1. The molecule has 100 valence electrons. The summed E-state index contributed by atoms with van der Waals surface area (Å²) in [6.45, 7) is 0. The molecule has 1 aliphatic rings. The van der Waals surface area contributed by atoms with E-state index >= 15 is 0 Å². The third-order valence-electron chi connectivity index (χ3n) is 2.37. The third kappa shape index (κ3) is 2.74. The first kappa shape index (κ1) is 13.5. The minimum atomic E-state index is -5.58. The highest BCUT2D eigenvalue weighted by molar-refractivity contribution is 7.99. The van der Waals surface area contributed by atoms with Gasteiger partial charge in [-0.3, -0.25) is 0 Å². The molecule has 0 N–H and O–H groups in total. The maximum atomic E-state index is 12.1. The van der Waals surface area contributed by atoms with Crippen molar-refractivity contribution in [2.24, 2.45) is 0 Å². The van der Waals surface area contributed by atoms with E-state index in [1.807, 2.05) is 0 Å². The van der Waals surface area contributed by atoms with E-state index in [2.05, 4.69) is 4.18 Å². The molecule has 0 spiro atoms. The summed E-state index contributed by atoms with van der Waals surface area (Å²) >= 11 is 1.59. The number of hydrogen-bond acceptors (Lipinski definition) is 4. The second-order valence-electron chi connectivity index (χ2n) is 3.70. The molecule has 1 aromatic carbocycles. The molecule has 0 bridgehead atoms. The summed E-state index contributed by atoms with van der Waals surface area (Å²) in [5.41, 5.74) is -4.58. The summed E-state index contributed by atoms with van der Waals surface area (Å²) < 4.78 is 62.2. The van der Waals surface area contributed by atoms with Gasteiger partial charge in [-0.15, -0.1) is 11.8 Å². The van der Waals surface area contributed by atoms with Crippen LogP contribution >= 0.6 is 11.8 Å². The van der Waals surface area contributed by atoms with Crippen LogP contribution in [0.1, 0.15) is 12.0 Å². The molecule has 0 aliphatic carbocycles. The predicted molar refractivity (Wildman–Crippen MR) is 61.1 cm³/mol. The maximum Gasteiger partial charge on any atom is 0.534 e. The molecule has 1 aliphatic heterocycles. The standard InChI is InChI=1S/C10H9F3O3S2/c11-10(12,13)18(14,15)16-8-3-4-9-7(6-8)2-1-5-17-9/h3-4,6H,1-2,5H2. The van der Waals surface area contributed by atoms with E-state index in [0.29, 0.717) is 6.42 Å². The van der Waals surface area contributed by atoms with Crippen LogP contribution in [0.4, 0.5) is 13.2 Å². The molecule has 18 heavy (non-hydrogen) atoms. The van der Waals surface area contributed by atoms with Crippen molar-refractivity contribution in [3.05, 3.63) is 23.8 Å². The molecule has 0 unspecified atom stereocenters. The van der Waals surface area contributed by atoms with Crippen LogP contribution in [0.25, 0.3) is 0 Å². The molecule has 3 nitrogen and oxygen atoms in total. The molecule has 0 saturated heterocycles. The summed E-state index contributed by atoms with van der Waals surface area (Å²) in [6.07, 6.45) is 1.62. The van der Waals surface area contributed by atoms with E-state index < -0.39 is 15.6 Å². The lowest BCUT2D eigenvalue weighted by molar-refractivity contribution is -0.0500. The SMILES string of the molecule is O=S(=O)(Oc1ccc2c(c1)CCCS2)C(F)(F)F. The minimum absolute atomic E-state index is 0.298. The number of aryl methyl sites for hydroxylation is 1. The van der Waals surface area contributed by atoms with Crippen molar-refractivity contribution < 1.29 is 25.8 Å². The fraction of sp³-hybridized carbons (Fsp3) is 0.400. The van der Waals surface area contributed by atoms with Gasteiger partial charge in [-0.25, -0.2) is 0 Å². The maximum absolute atomic E-state index is 12.1. The minimum Gasteiger partial charge on any atom is -0.376 e. The largest absolute Gasteiger partial charge is 0.534 e. The van der Waals surface area contributed by atoms with E-state index in [4.69, 9.17) is 0 Å². The average Bonchev–Trinajstić information content (AvgIpc) is 2.27. The first-order chi connectivity index (χ1) is 8.29. The quantitative estimate of drug-likeness (QED) is 0.622. The van der Waals surface area contributed by atoms with Crippen LogP contribution in [0.5, 0.6) is 5.75 Å². The molecule has 2 rings (SSSR count).